The molecule has 2 aromatic heterocycles. The summed E-state index contributed by atoms with van der Waals surface area (Å²) in [6.45, 7) is 0. The van der Waals surface area contributed by atoms with Gasteiger partial charge in [0, 0.05) is 0 Å². The molecule has 0 saturated carbocycles. The Morgan fingerprint density at radius 1 is 1.32 bits per heavy atom. The van der Waals surface area contributed by atoms with E-state index in [1.807, 2.05) is 0 Å². The maximum absolute atomic E-state index is 10.0. The molecule has 2 aromatic rings. The molecule has 1 fully saturated rings. The molecule has 5 N–H and O–H groups in total. The van der Waals surface area contributed by atoms with E-state index >= 15 is 0 Å². The zero-order chi connectivity index (χ0) is 13.6. The second-order valence-corrected chi connectivity index (χ2v) is 4.30. The van der Waals surface area contributed by atoms with Crippen molar-refractivity contribution in [1.82, 2.24) is 24.8 Å². The SMILES string of the molecule is CN[C@H]1O[C@@H](n2cnc3c(N)ncnc32)[C@H](O)[C@@H]1O. The number of nitrogens with zero attached hydrogens (tertiary/aromatic N) is 4. The summed E-state index contributed by atoms with van der Waals surface area (Å²) in [5.74, 6) is 0.252. The number of rotatable bonds is 2. The Bertz CT molecular complexity index is 602. The minimum atomic E-state index is -1.09. The number of anilines is 1. The van der Waals surface area contributed by atoms with Crippen molar-refractivity contribution in [3.63, 3.8) is 0 Å². The van der Waals surface area contributed by atoms with E-state index in [9.17, 15) is 10.2 Å². The number of fused-ring (bicyclic) bond motifs is 1. The Hall–Kier alpha value is -1.81. The summed E-state index contributed by atoms with van der Waals surface area (Å²) >= 11 is 0. The van der Waals surface area contributed by atoms with Crippen LogP contribution in [0.1, 0.15) is 6.23 Å². The minimum absolute atomic E-state index is 0.252. The highest BCUT2D eigenvalue weighted by atomic mass is 16.6. The van der Waals surface area contributed by atoms with Crippen LogP contribution in [-0.4, -0.2) is 55.2 Å². The zero-order valence-electron chi connectivity index (χ0n) is 10.1. The molecule has 4 atom stereocenters. The highest BCUT2D eigenvalue weighted by Crippen LogP contribution is 2.30. The maximum Gasteiger partial charge on any atom is 0.167 e. The molecule has 0 amide bonds. The molecule has 1 saturated heterocycles. The molecule has 0 spiro atoms. The summed E-state index contributed by atoms with van der Waals surface area (Å²) in [4.78, 5) is 12.0. The van der Waals surface area contributed by atoms with Crippen molar-refractivity contribution in [1.29, 1.82) is 0 Å². The van der Waals surface area contributed by atoms with Gasteiger partial charge in [-0.05, 0) is 7.05 Å². The number of likely N-dealkylation sites (N-methyl/N-ethyl adjacent to an activating group) is 1. The first-order valence-electron chi connectivity index (χ1n) is 5.75. The van der Waals surface area contributed by atoms with Crippen molar-refractivity contribution in [2.45, 2.75) is 24.7 Å². The van der Waals surface area contributed by atoms with Crippen LogP contribution in [0.15, 0.2) is 12.7 Å². The molecule has 102 valence electrons. The summed E-state index contributed by atoms with van der Waals surface area (Å²) in [5.41, 5.74) is 6.57. The van der Waals surface area contributed by atoms with E-state index < -0.39 is 24.7 Å². The number of aromatic nitrogens is 4. The first-order chi connectivity index (χ1) is 9.13. The quantitative estimate of drug-likeness (QED) is 0.501. The number of aliphatic hydroxyl groups is 2. The van der Waals surface area contributed by atoms with Gasteiger partial charge >= 0.3 is 0 Å². The number of nitrogens with two attached hydrogens (primary N) is 1. The fraction of sp³-hybridized carbons (Fsp3) is 0.500. The number of hydrogen-bond acceptors (Lipinski definition) is 8. The van der Waals surface area contributed by atoms with Crippen LogP contribution < -0.4 is 11.1 Å². The van der Waals surface area contributed by atoms with Gasteiger partial charge in [0.2, 0.25) is 0 Å². The van der Waals surface area contributed by atoms with Gasteiger partial charge in [-0.1, -0.05) is 0 Å². The molecule has 3 rings (SSSR count). The van der Waals surface area contributed by atoms with Crippen molar-refractivity contribution in [3.8, 4) is 0 Å². The fourth-order valence-corrected chi connectivity index (χ4v) is 2.18. The monoisotopic (exact) mass is 266 g/mol. The molecule has 1 aliphatic heterocycles. The normalized spacial score (nSPS) is 31.1. The van der Waals surface area contributed by atoms with Crippen LogP contribution >= 0.6 is 0 Å². The molecular formula is C10H14N6O3. The third kappa shape index (κ3) is 1.75. The van der Waals surface area contributed by atoms with Crippen LogP contribution in [0.5, 0.6) is 0 Å². The molecule has 9 heteroatoms. The molecule has 9 nitrogen and oxygen atoms in total. The van der Waals surface area contributed by atoms with Gasteiger partial charge in [-0.25, -0.2) is 15.0 Å². The number of nitrogens with one attached hydrogen (secondary N) is 1. The van der Waals surface area contributed by atoms with Crippen molar-refractivity contribution < 1.29 is 14.9 Å². The van der Waals surface area contributed by atoms with Gasteiger partial charge in [-0.2, -0.15) is 0 Å². The Balaban J connectivity index is 2.04. The molecule has 0 unspecified atom stereocenters. The van der Waals surface area contributed by atoms with Crippen LogP contribution in [0.25, 0.3) is 11.2 Å². The standard InChI is InChI=1S/C10H14N6O3/c1-12-9-5(17)6(18)10(19-9)16-3-15-4-7(11)13-2-14-8(4)16/h2-3,5-6,9-10,12,17-18H,1H3,(H2,11,13,14)/t5-,6+,9-,10+/m0/s1. The minimum Gasteiger partial charge on any atom is -0.386 e. The van der Waals surface area contributed by atoms with Gasteiger partial charge in [0.25, 0.3) is 0 Å². The highest BCUT2D eigenvalue weighted by Gasteiger charge is 2.43. The highest BCUT2D eigenvalue weighted by molar-refractivity contribution is 5.81. The van der Waals surface area contributed by atoms with Gasteiger partial charge in [0.15, 0.2) is 17.7 Å². The fourth-order valence-electron chi connectivity index (χ4n) is 2.18. The molecule has 0 bridgehead atoms. The maximum atomic E-state index is 10.0. The number of ether oxygens (including phenoxy) is 1. The zero-order valence-corrected chi connectivity index (χ0v) is 10.1. The lowest BCUT2D eigenvalue weighted by molar-refractivity contribution is -0.0429. The topological polar surface area (TPSA) is 131 Å². The predicted octanol–water partition coefficient (Wildman–Crippen LogP) is -1.80. The molecular weight excluding hydrogens is 252 g/mol. The second-order valence-electron chi connectivity index (χ2n) is 4.30. The lowest BCUT2D eigenvalue weighted by Crippen LogP contribution is -2.38. The van der Waals surface area contributed by atoms with Crippen molar-refractivity contribution >= 4 is 17.0 Å². The summed E-state index contributed by atoms with van der Waals surface area (Å²) in [6, 6.07) is 0. The average Bonchev–Trinajstić information content (AvgIpc) is 2.94. The van der Waals surface area contributed by atoms with Gasteiger partial charge in [-0.3, -0.25) is 9.88 Å². The smallest absolute Gasteiger partial charge is 0.167 e. The van der Waals surface area contributed by atoms with Crippen LogP contribution in [0, 0.1) is 0 Å². The average molecular weight is 266 g/mol. The van der Waals surface area contributed by atoms with Crippen molar-refractivity contribution in [3.05, 3.63) is 12.7 Å². The first kappa shape index (κ1) is 12.2. The van der Waals surface area contributed by atoms with Crippen molar-refractivity contribution in [2.75, 3.05) is 12.8 Å². The summed E-state index contributed by atoms with van der Waals surface area (Å²) in [5, 5.41) is 22.6. The van der Waals surface area contributed by atoms with E-state index in [1.165, 1.54) is 17.2 Å². The number of aliphatic hydroxyl groups excluding tert-OH is 2. The molecule has 0 radical (unpaired) electrons. The lowest BCUT2D eigenvalue weighted by atomic mass is 10.2. The van der Waals surface area contributed by atoms with Gasteiger partial charge in [0.05, 0.1) is 6.33 Å². The Labute approximate surface area is 108 Å². The second kappa shape index (κ2) is 4.38. The van der Waals surface area contributed by atoms with Crippen molar-refractivity contribution in [2.24, 2.45) is 0 Å². The van der Waals surface area contributed by atoms with E-state index in [1.54, 1.807) is 7.05 Å². The number of nitrogen functional groups attached to an aromatic ring is 1. The van der Waals surface area contributed by atoms with E-state index in [-0.39, 0.29) is 5.82 Å². The molecule has 0 aromatic carbocycles. The number of hydrogen-bond donors (Lipinski definition) is 4. The molecule has 3 heterocycles. The van der Waals surface area contributed by atoms with Gasteiger partial charge < -0.3 is 20.7 Å². The Morgan fingerprint density at radius 3 is 2.79 bits per heavy atom. The molecule has 19 heavy (non-hydrogen) atoms. The van der Waals surface area contributed by atoms with E-state index in [2.05, 4.69) is 20.3 Å². The third-order valence-corrected chi connectivity index (χ3v) is 3.18. The van der Waals surface area contributed by atoms with E-state index in [0.29, 0.717) is 11.2 Å². The first-order valence-corrected chi connectivity index (χ1v) is 5.75. The summed E-state index contributed by atoms with van der Waals surface area (Å²) in [7, 11) is 1.63. The van der Waals surface area contributed by atoms with E-state index in [4.69, 9.17) is 10.5 Å². The van der Waals surface area contributed by atoms with Crippen LogP contribution in [0.3, 0.4) is 0 Å². The van der Waals surface area contributed by atoms with Gasteiger partial charge in [-0.15, -0.1) is 0 Å². The van der Waals surface area contributed by atoms with Crippen LogP contribution in [0.4, 0.5) is 5.82 Å². The summed E-state index contributed by atoms with van der Waals surface area (Å²) in [6.07, 6.45) is -0.807. The summed E-state index contributed by atoms with van der Waals surface area (Å²) < 4.78 is 7.06. The Kier molecular flexibility index (Phi) is 2.82. The lowest BCUT2D eigenvalue weighted by Gasteiger charge is -2.16. The largest absolute Gasteiger partial charge is 0.386 e. The van der Waals surface area contributed by atoms with E-state index in [0.717, 1.165) is 0 Å². The van der Waals surface area contributed by atoms with Gasteiger partial charge in [0.1, 0.15) is 30.3 Å². The Morgan fingerprint density at radius 2 is 2.11 bits per heavy atom. The molecule has 1 aliphatic rings. The number of imidazole rings is 1. The van der Waals surface area contributed by atoms with Crippen LogP contribution in [0.2, 0.25) is 0 Å². The predicted molar refractivity (Wildman–Crippen MR) is 64.7 cm³/mol. The molecule has 0 aliphatic carbocycles. The van der Waals surface area contributed by atoms with Crippen LogP contribution in [-0.2, 0) is 4.74 Å². The third-order valence-electron chi connectivity index (χ3n) is 3.18.